The number of pyridine rings is 2. The van der Waals surface area contributed by atoms with Crippen molar-refractivity contribution in [1.29, 1.82) is 0 Å². The van der Waals surface area contributed by atoms with Gasteiger partial charge in [0, 0.05) is 47.4 Å². The number of aromatic amines is 1. The number of fused-ring (bicyclic) bond motifs is 1. The summed E-state index contributed by atoms with van der Waals surface area (Å²) in [4.78, 5) is 22.6. The predicted octanol–water partition coefficient (Wildman–Crippen LogP) is 3.85. The summed E-state index contributed by atoms with van der Waals surface area (Å²) < 4.78 is 28.5. The van der Waals surface area contributed by atoms with E-state index >= 15 is 0 Å². The third-order valence-electron chi connectivity index (χ3n) is 4.85. The van der Waals surface area contributed by atoms with Crippen molar-refractivity contribution in [3.63, 3.8) is 0 Å². The maximum Gasteiger partial charge on any atom is 0.248 e. The second-order valence-corrected chi connectivity index (χ2v) is 7.07. The lowest BCUT2D eigenvalue weighted by molar-refractivity contribution is 0.1000. The van der Waals surface area contributed by atoms with Crippen molar-refractivity contribution in [1.82, 2.24) is 15.0 Å². The van der Waals surface area contributed by atoms with Gasteiger partial charge in [-0.05, 0) is 48.4 Å². The molecule has 1 aromatic carbocycles. The fourth-order valence-electron chi connectivity index (χ4n) is 3.26. The standard InChI is InChI=1S/C22H19F2N5O/c1-12-6-17-15(10-28-22(17)27-9-12)7-13-3-5-19(29-20(13)24)26-11-16-8-14(21(25)30)2-4-18(16)23/h2-6,8-10H,7,11H2,1H3,(H2,25,30)(H,26,29)(H,27,28). The van der Waals surface area contributed by atoms with Crippen LogP contribution in [0.25, 0.3) is 11.0 Å². The van der Waals surface area contributed by atoms with Crippen LogP contribution in [0.3, 0.4) is 0 Å². The minimum atomic E-state index is -0.646. The van der Waals surface area contributed by atoms with Crippen LogP contribution < -0.4 is 11.1 Å². The maximum absolute atomic E-state index is 14.6. The van der Waals surface area contributed by atoms with Gasteiger partial charge in [0.15, 0.2) is 0 Å². The van der Waals surface area contributed by atoms with Gasteiger partial charge in [0.25, 0.3) is 0 Å². The Labute approximate surface area is 171 Å². The van der Waals surface area contributed by atoms with Gasteiger partial charge in [-0.15, -0.1) is 0 Å². The minimum Gasteiger partial charge on any atom is -0.366 e. The van der Waals surface area contributed by atoms with Crippen LogP contribution in [0.4, 0.5) is 14.6 Å². The van der Waals surface area contributed by atoms with Gasteiger partial charge in [-0.2, -0.15) is 4.39 Å². The van der Waals surface area contributed by atoms with Gasteiger partial charge in [0.1, 0.15) is 17.3 Å². The summed E-state index contributed by atoms with van der Waals surface area (Å²) >= 11 is 0. The zero-order valence-corrected chi connectivity index (χ0v) is 16.2. The lowest BCUT2D eigenvalue weighted by Crippen LogP contribution is -2.12. The first-order valence-electron chi connectivity index (χ1n) is 9.31. The molecular weight excluding hydrogens is 388 g/mol. The molecule has 0 saturated heterocycles. The monoisotopic (exact) mass is 407 g/mol. The molecular formula is C22H19F2N5O. The number of halogens is 2. The number of hydrogen-bond donors (Lipinski definition) is 3. The Bertz CT molecular complexity index is 1250. The number of amides is 1. The number of anilines is 1. The molecule has 0 bridgehead atoms. The van der Waals surface area contributed by atoms with E-state index in [1.807, 2.05) is 19.2 Å². The molecule has 1 amide bonds. The van der Waals surface area contributed by atoms with Gasteiger partial charge in [0.2, 0.25) is 11.9 Å². The number of nitrogens with one attached hydrogen (secondary N) is 2. The molecule has 4 N–H and O–H groups in total. The summed E-state index contributed by atoms with van der Waals surface area (Å²) in [6, 6.07) is 9.13. The molecule has 0 atom stereocenters. The molecule has 4 rings (SSSR count). The topological polar surface area (TPSA) is 96.7 Å². The number of aromatic nitrogens is 3. The molecule has 3 aromatic heterocycles. The summed E-state index contributed by atoms with van der Waals surface area (Å²) in [6.07, 6.45) is 3.95. The van der Waals surface area contributed by atoms with E-state index in [0.717, 1.165) is 22.2 Å². The molecule has 0 radical (unpaired) electrons. The summed E-state index contributed by atoms with van der Waals surface area (Å²) in [7, 11) is 0. The van der Waals surface area contributed by atoms with Gasteiger partial charge < -0.3 is 16.0 Å². The number of hydrogen-bond acceptors (Lipinski definition) is 4. The van der Waals surface area contributed by atoms with E-state index in [1.165, 1.54) is 18.2 Å². The fourth-order valence-corrected chi connectivity index (χ4v) is 3.26. The Morgan fingerprint density at radius 1 is 1.13 bits per heavy atom. The quantitative estimate of drug-likeness (QED) is 0.423. The molecule has 0 fully saturated rings. The minimum absolute atomic E-state index is 0.0339. The molecule has 30 heavy (non-hydrogen) atoms. The van der Waals surface area contributed by atoms with Gasteiger partial charge >= 0.3 is 0 Å². The molecule has 0 unspecified atom stereocenters. The van der Waals surface area contributed by atoms with Crippen molar-refractivity contribution < 1.29 is 13.6 Å². The highest BCUT2D eigenvalue weighted by Crippen LogP contribution is 2.22. The Morgan fingerprint density at radius 2 is 1.97 bits per heavy atom. The smallest absolute Gasteiger partial charge is 0.248 e. The van der Waals surface area contributed by atoms with Gasteiger partial charge in [0.05, 0.1) is 0 Å². The number of primary amides is 1. The van der Waals surface area contributed by atoms with E-state index in [1.54, 1.807) is 18.3 Å². The maximum atomic E-state index is 14.6. The van der Waals surface area contributed by atoms with Crippen LogP contribution in [0.2, 0.25) is 0 Å². The van der Waals surface area contributed by atoms with Crippen molar-refractivity contribution >= 4 is 22.8 Å². The van der Waals surface area contributed by atoms with E-state index in [0.29, 0.717) is 12.0 Å². The number of nitrogens with two attached hydrogens (primary N) is 1. The molecule has 0 aliphatic rings. The molecule has 152 valence electrons. The predicted molar refractivity (Wildman–Crippen MR) is 110 cm³/mol. The molecule has 0 aliphatic carbocycles. The second-order valence-electron chi connectivity index (χ2n) is 7.07. The van der Waals surface area contributed by atoms with Crippen molar-refractivity contribution in [2.24, 2.45) is 5.73 Å². The molecule has 0 spiro atoms. The number of benzene rings is 1. The first kappa shape index (κ1) is 19.5. The number of nitrogens with zero attached hydrogens (tertiary/aromatic N) is 2. The molecule has 4 aromatic rings. The highest BCUT2D eigenvalue weighted by atomic mass is 19.1. The van der Waals surface area contributed by atoms with E-state index in [-0.39, 0.29) is 23.5 Å². The van der Waals surface area contributed by atoms with Crippen LogP contribution in [0.15, 0.2) is 48.8 Å². The van der Waals surface area contributed by atoms with E-state index in [9.17, 15) is 13.6 Å². The van der Waals surface area contributed by atoms with Crippen LogP contribution in [0, 0.1) is 18.7 Å². The van der Waals surface area contributed by atoms with Crippen LogP contribution in [0.5, 0.6) is 0 Å². The van der Waals surface area contributed by atoms with E-state index in [2.05, 4.69) is 20.3 Å². The Morgan fingerprint density at radius 3 is 2.73 bits per heavy atom. The third-order valence-corrected chi connectivity index (χ3v) is 4.85. The lowest BCUT2D eigenvalue weighted by Gasteiger charge is -2.09. The Hall–Kier alpha value is -3.81. The van der Waals surface area contributed by atoms with Crippen LogP contribution in [-0.2, 0) is 13.0 Å². The van der Waals surface area contributed by atoms with Crippen LogP contribution in [-0.4, -0.2) is 20.9 Å². The van der Waals surface area contributed by atoms with E-state index in [4.69, 9.17) is 5.73 Å². The summed E-state index contributed by atoms with van der Waals surface area (Å²) in [5, 5.41) is 3.82. The Balaban J connectivity index is 1.50. The molecule has 0 aliphatic heterocycles. The van der Waals surface area contributed by atoms with Crippen molar-refractivity contribution in [3.8, 4) is 0 Å². The summed E-state index contributed by atoms with van der Waals surface area (Å²) in [5.74, 6) is -1.49. The van der Waals surface area contributed by atoms with Crippen molar-refractivity contribution in [3.05, 3.63) is 88.4 Å². The molecule has 6 nitrogen and oxygen atoms in total. The highest BCUT2D eigenvalue weighted by Gasteiger charge is 2.12. The number of rotatable bonds is 6. The molecule has 0 saturated carbocycles. The molecule has 8 heteroatoms. The number of H-pyrrole nitrogens is 1. The van der Waals surface area contributed by atoms with Gasteiger partial charge in [-0.25, -0.2) is 14.4 Å². The summed E-state index contributed by atoms with van der Waals surface area (Å²) in [5.41, 5.74) is 8.79. The van der Waals surface area contributed by atoms with Gasteiger partial charge in [-0.1, -0.05) is 6.07 Å². The normalized spacial score (nSPS) is 11.0. The van der Waals surface area contributed by atoms with Crippen LogP contribution >= 0.6 is 0 Å². The number of carbonyl (C=O) groups is 1. The van der Waals surface area contributed by atoms with Crippen molar-refractivity contribution in [2.75, 3.05) is 5.32 Å². The fraction of sp³-hybridized carbons (Fsp3) is 0.136. The Kier molecular flexibility index (Phi) is 5.14. The summed E-state index contributed by atoms with van der Waals surface area (Å²) in [6.45, 7) is 1.99. The average molecular weight is 407 g/mol. The molecule has 3 heterocycles. The highest BCUT2D eigenvalue weighted by molar-refractivity contribution is 5.92. The SMILES string of the molecule is Cc1cnc2[nH]cc(Cc3ccc(NCc4cc(C(N)=O)ccc4F)nc3F)c2c1. The third kappa shape index (κ3) is 3.98. The number of aryl methyl sites for hydroxylation is 1. The van der Waals surface area contributed by atoms with E-state index < -0.39 is 17.7 Å². The van der Waals surface area contributed by atoms with Gasteiger partial charge in [-0.3, -0.25) is 4.79 Å². The first-order chi connectivity index (χ1) is 14.4. The van der Waals surface area contributed by atoms with Crippen LogP contribution in [0.1, 0.15) is 32.6 Å². The zero-order chi connectivity index (χ0) is 21.3. The second kappa shape index (κ2) is 7.90. The number of carbonyl (C=O) groups excluding carboxylic acids is 1. The van der Waals surface area contributed by atoms with Crippen molar-refractivity contribution in [2.45, 2.75) is 19.9 Å². The first-order valence-corrected chi connectivity index (χ1v) is 9.31. The largest absolute Gasteiger partial charge is 0.366 e. The zero-order valence-electron chi connectivity index (χ0n) is 16.2. The lowest BCUT2D eigenvalue weighted by atomic mass is 10.1. The average Bonchev–Trinajstić information content (AvgIpc) is 3.11.